The number of amides is 1. The van der Waals surface area contributed by atoms with Crippen LogP contribution in [0.15, 0.2) is 24.3 Å². The Balaban J connectivity index is 1.77. The van der Waals surface area contributed by atoms with Crippen LogP contribution >= 0.6 is 0 Å². The number of nitrogens with one attached hydrogen (secondary N) is 2. The lowest BCUT2D eigenvalue weighted by Gasteiger charge is -2.22. The van der Waals surface area contributed by atoms with E-state index in [1.54, 1.807) is 12.1 Å². The maximum absolute atomic E-state index is 11.8. The van der Waals surface area contributed by atoms with Gasteiger partial charge in [0.2, 0.25) is 5.91 Å². The molecule has 0 atom stereocenters. The van der Waals surface area contributed by atoms with Gasteiger partial charge in [-0.25, -0.2) is 0 Å². The summed E-state index contributed by atoms with van der Waals surface area (Å²) in [5.41, 5.74) is 0.628. The van der Waals surface area contributed by atoms with Crippen LogP contribution in [-0.2, 0) is 4.79 Å². The number of carbonyl (C=O) groups is 1. The Morgan fingerprint density at radius 3 is 2.55 bits per heavy atom. The summed E-state index contributed by atoms with van der Waals surface area (Å²) in [5, 5.41) is 16.6. The zero-order chi connectivity index (χ0) is 14.4. The topological polar surface area (TPSA) is 84.3 Å². The van der Waals surface area contributed by atoms with Crippen molar-refractivity contribution in [1.29, 1.82) is 0 Å². The summed E-state index contributed by atoms with van der Waals surface area (Å²) < 4.78 is 0. The number of hydrogen-bond donors (Lipinski definition) is 2. The normalized spacial score (nSPS) is 15.8. The second-order valence-electron chi connectivity index (χ2n) is 5.08. The Bertz CT molecular complexity index is 467. The van der Waals surface area contributed by atoms with Crippen molar-refractivity contribution in [2.75, 3.05) is 18.4 Å². The summed E-state index contributed by atoms with van der Waals surface area (Å²) in [7, 11) is 0. The zero-order valence-electron chi connectivity index (χ0n) is 11.3. The fraction of sp³-hybridized carbons (Fsp3) is 0.500. The van der Waals surface area contributed by atoms with Gasteiger partial charge in [-0.3, -0.25) is 14.9 Å². The van der Waals surface area contributed by atoms with Crippen molar-refractivity contribution in [2.24, 2.45) is 5.92 Å². The third-order valence-electron chi connectivity index (χ3n) is 3.60. The number of carbonyl (C=O) groups excluding carboxylic acids is 1. The van der Waals surface area contributed by atoms with Crippen molar-refractivity contribution in [3.63, 3.8) is 0 Å². The standard InChI is InChI=1S/C14H19N3O3/c18-14(6-1-11-7-9-15-10-8-11)16-12-2-4-13(5-3-12)17(19)20/h2-5,11,15H,1,6-10H2,(H,16,18). The fourth-order valence-electron chi connectivity index (χ4n) is 2.40. The number of hydrogen-bond acceptors (Lipinski definition) is 4. The predicted octanol–water partition coefficient (Wildman–Crippen LogP) is 2.31. The molecule has 6 heteroatoms. The van der Waals surface area contributed by atoms with Gasteiger partial charge < -0.3 is 10.6 Å². The molecule has 1 heterocycles. The summed E-state index contributed by atoms with van der Waals surface area (Å²) >= 11 is 0. The summed E-state index contributed by atoms with van der Waals surface area (Å²) in [6, 6.07) is 5.89. The minimum atomic E-state index is -0.456. The van der Waals surface area contributed by atoms with E-state index < -0.39 is 4.92 Å². The first-order chi connectivity index (χ1) is 9.65. The lowest BCUT2D eigenvalue weighted by Crippen LogP contribution is -2.28. The monoisotopic (exact) mass is 277 g/mol. The minimum Gasteiger partial charge on any atom is -0.326 e. The molecule has 1 aromatic carbocycles. The smallest absolute Gasteiger partial charge is 0.269 e. The average molecular weight is 277 g/mol. The van der Waals surface area contributed by atoms with E-state index in [0.717, 1.165) is 32.4 Å². The maximum Gasteiger partial charge on any atom is 0.269 e. The largest absolute Gasteiger partial charge is 0.326 e. The van der Waals surface area contributed by atoms with Gasteiger partial charge in [0.25, 0.3) is 5.69 Å². The van der Waals surface area contributed by atoms with Crippen molar-refractivity contribution in [3.05, 3.63) is 34.4 Å². The van der Waals surface area contributed by atoms with Gasteiger partial charge in [0.1, 0.15) is 0 Å². The molecular formula is C14H19N3O3. The van der Waals surface area contributed by atoms with Gasteiger partial charge in [-0.15, -0.1) is 0 Å². The summed E-state index contributed by atoms with van der Waals surface area (Å²) in [5.74, 6) is 0.594. The Morgan fingerprint density at radius 1 is 1.30 bits per heavy atom. The summed E-state index contributed by atoms with van der Waals surface area (Å²) in [6.45, 7) is 2.07. The van der Waals surface area contributed by atoms with E-state index in [2.05, 4.69) is 10.6 Å². The average Bonchev–Trinajstić information content (AvgIpc) is 2.47. The molecule has 1 saturated heterocycles. The van der Waals surface area contributed by atoms with E-state index in [9.17, 15) is 14.9 Å². The molecule has 108 valence electrons. The number of nitrogens with zero attached hydrogens (tertiary/aromatic N) is 1. The highest BCUT2D eigenvalue weighted by atomic mass is 16.6. The molecule has 0 saturated carbocycles. The van der Waals surface area contributed by atoms with Crippen molar-refractivity contribution >= 4 is 17.3 Å². The first kappa shape index (κ1) is 14.5. The van der Waals surface area contributed by atoms with Crippen LogP contribution in [0.4, 0.5) is 11.4 Å². The number of benzene rings is 1. The molecule has 0 aromatic heterocycles. The lowest BCUT2D eigenvalue weighted by atomic mass is 9.93. The molecule has 0 spiro atoms. The molecule has 1 aromatic rings. The molecule has 1 aliphatic heterocycles. The third-order valence-corrected chi connectivity index (χ3v) is 3.60. The molecular weight excluding hydrogens is 258 g/mol. The van der Waals surface area contributed by atoms with Gasteiger partial charge in [-0.05, 0) is 50.4 Å². The van der Waals surface area contributed by atoms with E-state index in [1.165, 1.54) is 12.1 Å². The molecule has 0 unspecified atom stereocenters. The van der Waals surface area contributed by atoms with Crippen molar-refractivity contribution < 1.29 is 9.72 Å². The van der Waals surface area contributed by atoms with Crippen LogP contribution in [0.25, 0.3) is 0 Å². The van der Waals surface area contributed by atoms with Crippen molar-refractivity contribution in [3.8, 4) is 0 Å². The van der Waals surface area contributed by atoms with E-state index >= 15 is 0 Å². The van der Waals surface area contributed by atoms with E-state index in [-0.39, 0.29) is 11.6 Å². The minimum absolute atomic E-state index is 0.0257. The van der Waals surface area contributed by atoms with Crippen molar-refractivity contribution in [2.45, 2.75) is 25.7 Å². The molecule has 1 fully saturated rings. The van der Waals surface area contributed by atoms with E-state index in [4.69, 9.17) is 0 Å². The number of nitro groups is 1. The summed E-state index contributed by atoms with van der Waals surface area (Å²) in [4.78, 5) is 21.9. The molecule has 2 N–H and O–H groups in total. The van der Waals surface area contributed by atoms with Gasteiger partial charge in [0, 0.05) is 24.2 Å². The fourth-order valence-corrected chi connectivity index (χ4v) is 2.40. The number of rotatable bonds is 5. The molecule has 1 aliphatic rings. The van der Waals surface area contributed by atoms with Gasteiger partial charge in [-0.1, -0.05) is 0 Å². The van der Waals surface area contributed by atoms with Crippen LogP contribution in [0, 0.1) is 16.0 Å². The predicted molar refractivity (Wildman–Crippen MR) is 76.6 cm³/mol. The molecule has 20 heavy (non-hydrogen) atoms. The van der Waals surface area contributed by atoms with Crippen LogP contribution in [-0.4, -0.2) is 23.9 Å². The SMILES string of the molecule is O=C(CCC1CCNCC1)Nc1ccc([N+](=O)[O-])cc1. The van der Waals surface area contributed by atoms with Gasteiger partial charge in [0.05, 0.1) is 4.92 Å². The Labute approximate surface area is 117 Å². The second-order valence-corrected chi connectivity index (χ2v) is 5.08. The van der Waals surface area contributed by atoms with Crippen LogP contribution in [0.5, 0.6) is 0 Å². The van der Waals surface area contributed by atoms with Gasteiger partial charge in [0.15, 0.2) is 0 Å². The number of nitro benzene ring substituents is 1. The Kier molecular flexibility index (Phi) is 5.06. The molecule has 2 rings (SSSR count). The highest BCUT2D eigenvalue weighted by molar-refractivity contribution is 5.90. The Morgan fingerprint density at radius 2 is 1.95 bits per heavy atom. The molecule has 6 nitrogen and oxygen atoms in total. The zero-order valence-corrected chi connectivity index (χ0v) is 11.3. The van der Waals surface area contributed by atoms with Gasteiger partial charge in [-0.2, -0.15) is 0 Å². The molecule has 0 radical (unpaired) electrons. The Hall–Kier alpha value is -1.95. The molecule has 0 aliphatic carbocycles. The van der Waals surface area contributed by atoms with Gasteiger partial charge >= 0.3 is 0 Å². The number of piperidine rings is 1. The molecule has 1 amide bonds. The van der Waals surface area contributed by atoms with Crippen LogP contribution in [0.2, 0.25) is 0 Å². The highest BCUT2D eigenvalue weighted by Gasteiger charge is 2.14. The van der Waals surface area contributed by atoms with E-state index in [1.807, 2.05) is 0 Å². The van der Waals surface area contributed by atoms with E-state index in [0.29, 0.717) is 18.0 Å². The third kappa shape index (κ3) is 4.31. The maximum atomic E-state index is 11.8. The lowest BCUT2D eigenvalue weighted by molar-refractivity contribution is -0.384. The van der Waals surface area contributed by atoms with Crippen LogP contribution < -0.4 is 10.6 Å². The van der Waals surface area contributed by atoms with Crippen molar-refractivity contribution in [1.82, 2.24) is 5.32 Å². The molecule has 0 bridgehead atoms. The highest BCUT2D eigenvalue weighted by Crippen LogP contribution is 2.19. The second kappa shape index (κ2) is 7.00. The quantitative estimate of drug-likeness (QED) is 0.639. The number of anilines is 1. The van der Waals surface area contributed by atoms with Crippen LogP contribution in [0.1, 0.15) is 25.7 Å². The first-order valence-electron chi connectivity index (χ1n) is 6.90. The summed E-state index contributed by atoms with van der Waals surface area (Å²) in [6.07, 6.45) is 3.66. The number of non-ortho nitro benzene ring substituents is 1. The van der Waals surface area contributed by atoms with Crippen LogP contribution in [0.3, 0.4) is 0 Å². The first-order valence-corrected chi connectivity index (χ1v) is 6.90.